The fourth-order valence-corrected chi connectivity index (χ4v) is 1.02. The molecule has 0 saturated heterocycles. The van der Waals surface area contributed by atoms with Crippen molar-refractivity contribution in [1.82, 2.24) is 4.98 Å². The van der Waals surface area contributed by atoms with Crippen LogP contribution in [0, 0.1) is 0 Å². The summed E-state index contributed by atoms with van der Waals surface area (Å²) in [6, 6.07) is 2.02. The number of nitrogens with zero attached hydrogens (tertiary/aromatic N) is 1. The first kappa shape index (κ1) is 8.78. The lowest BCUT2D eigenvalue weighted by Gasteiger charge is -1.85. The average molecular weight is 162 g/mol. The minimum absolute atomic E-state index is 0.933. The molecular weight excluding hydrogens is 148 g/mol. The molecule has 0 bridgehead atoms. The van der Waals surface area contributed by atoms with Crippen LogP contribution in [0.2, 0.25) is 0 Å². The highest BCUT2D eigenvalue weighted by molar-refractivity contribution is 5.73. The zero-order valence-corrected chi connectivity index (χ0v) is 7.54. The molecule has 0 amide bonds. The lowest BCUT2D eigenvalue weighted by atomic mass is 10.3. The van der Waals surface area contributed by atoms with E-state index in [-0.39, 0.29) is 0 Å². The first-order valence-corrected chi connectivity index (χ1v) is 4.33. The zero-order chi connectivity index (χ0) is 8.81. The molecular formula is C10H14N2. The van der Waals surface area contributed by atoms with E-state index < -0.39 is 0 Å². The van der Waals surface area contributed by atoms with E-state index in [2.05, 4.69) is 22.1 Å². The predicted octanol–water partition coefficient (Wildman–Crippen LogP) is 3.16. The number of hydrogen-bond acceptors (Lipinski definition) is 1. The van der Waals surface area contributed by atoms with Crippen LogP contribution in [0.3, 0.4) is 0 Å². The van der Waals surface area contributed by atoms with Gasteiger partial charge in [0.05, 0.1) is 0 Å². The van der Waals surface area contributed by atoms with Gasteiger partial charge in [-0.2, -0.15) is 0 Å². The van der Waals surface area contributed by atoms with Crippen LogP contribution in [0.5, 0.6) is 0 Å². The first-order chi connectivity index (χ1) is 5.97. The molecule has 64 valence electrons. The predicted molar refractivity (Wildman–Crippen MR) is 53.9 cm³/mol. The molecule has 0 unspecified atom stereocenters. The Morgan fingerprint density at radius 3 is 3.08 bits per heavy atom. The number of H-pyrrole nitrogens is 1. The van der Waals surface area contributed by atoms with Crippen molar-refractivity contribution in [2.24, 2.45) is 4.99 Å². The lowest BCUT2D eigenvalue weighted by Crippen LogP contribution is -1.65. The van der Waals surface area contributed by atoms with Crippen LogP contribution < -0.4 is 0 Å². The number of hydrogen-bond donors (Lipinski definition) is 1. The Hall–Kier alpha value is -1.31. The number of aromatic amines is 1. The highest BCUT2D eigenvalue weighted by atomic mass is 14.9. The fraction of sp³-hybridized carbons (Fsp3) is 0.300. The van der Waals surface area contributed by atoms with Gasteiger partial charge in [-0.05, 0) is 6.07 Å². The smallest absolute Gasteiger partial charge is 0.136 e. The Kier molecular flexibility index (Phi) is 3.33. The van der Waals surface area contributed by atoms with E-state index in [0.29, 0.717) is 0 Å². The third-order valence-corrected chi connectivity index (χ3v) is 1.52. The number of rotatable bonds is 0. The summed E-state index contributed by atoms with van der Waals surface area (Å²) in [6.07, 6.45) is 8.92. The maximum atomic E-state index is 4.20. The van der Waals surface area contributed by atoms with Gasteiger partial charge in [-0.25, -0.2) is 4.99 Å². The Morgan fingerprint density at radius 1 is 1.42 bits per heavy atom. The second-order valence-electron chi connectivity index (χ2n) is 2.23. The lowest BCUT2D eigenvalue weighted by molar-refractivity contribution is 1.33. The van der Waals surface area contributed by atoms with Gasteiger partial charge in [0, 0.05) is 24.4 Å². The van der Waals surface area contributed by atoms with E-state index in [1.54, 1.807) is 0 Å². The Labute approximate surface area is 73.0 Å². The largest absolute Gasteiger partial charge is 0.346 e. The molecule has 0 aliphatic carbocycles. The Balaban J connectivity index is 0.000000336. The van der Waals surface area contributed by atoms with Crippen molar-refractivity contribution in [1.29, 1.82) is 0 Å². The van der Waals surface area contributed by atoms with E-state index in [9.17, 15) is 0 Å². The first-order valence-electron chi connectivity index (χ1n) is 4.33. The number of allylic oxidation sites excluding steroid dienone is 1. The van der Waals surface area contributed by atoms with E-state index >= 15 is 0 Å². The number of nitrogens with one attached hydrogen (secondary N) is 1. The summed E-state index contributed by atoms with van der Waals surface area (Å²) in [6.45, 7) is 4.00. The van der Waals surface area contributed by atoms with Gasteiger partial charge < -0.3 is 4.98 Å². The second-order valence-corrected chi connectivity index (χ2v) is 2.23. The van der Waals surface area contributed by atoms with E-state index in [0.717, 1.165) is 12.2 Å². The third-order valence-electron chi connectivity index (χ3n) is 1.52. The van der Waals surface area contributed by atoms with Crippen LogP contribution in [-0.2, 0) is 0 Å². The highest BCUT2D eigenvalue weighted by Crippen LogP contribution is 2.19. The average Bonchev–Trinajstić information content (AvgIpc) is 2.46. The molecule has 0 spiro atoms. The van der Waals surface area contributed by atoms with Gasteiger partial charge in [0.2, 0.25) is 0 Å². The summed E-state index contributed by atoms with van der Waals surface area (Å²) in [5.41, 5.74) is 1.17. The molecule has 0 fully saturated rings. The van der Waals surface area contributed by atoms with Crippen LogP contribution >= 0.6 is 0 Å². The van der Waals surface area contributed by atoms with Crippen molar-refractivity contribution < 1.29 is 0 Å². The van der Waals surface area contributed by atoms with Crippen molar-refractivity contribution in [3.63, 3.8) is 0 Å². The molecule has 1 aliphatic heterocycles. The number of fused-ring (bicyclic) bond motifs is 1. The Bertz CT molecular complexity index is 255. The van der Waals surface area contributed by atoms with E-state index in [4.69, 9.17) is 0 Å². The summed E-state index contributed by atoms with van der Waals surface area (Å²) < 4.78 is 0. The summed E-state index contributed by atoms with van der Waals surface area (Å²) in [4.78, 5) is 7.25. The molecule has 2 heterocycles. The van der Waals surface area contributed by atoms with Crippen LogP contribution in [0.25, 0.3) is 6.08 Å². The SMILES string of the molecule is C1=Cc2cc[nH]c2N=CC1.CC. The van der Waals surface area contributed by atoms with Crippen molar-refractivity contribution in [2.45, 2.75) is 20.3 Å². The van der Waals surface area contributed by atoms with Gasteiger partial charge in [-0.15, -0.1) is 0 Å². The van der Waals surface area contributed by atoms with Crippen molar-refractivity contribution >= 4 is 18.1 Å². The van der Waals surface area contributed by atoms with Crippen LogP contribution in [0.1, 0.15) is 25.8 Å². The standard InChI is InChI=1S/C8H8N2.C2H6/c1-2-5-9-8-7(3-1)4-6-10-8;1-2/h1,3-6,10H,2H2;1-2H3. The van der Waals surface area contributed by atoms with Crippen LogP contribution in [0.15, 0.2) is 23.3 Å². The van der Waals surface area contributed by atoms with E-state index in [1.165, 1.54) is 5.56 Å². The van der Waals surface area contributed by atoms with Gasteiger partial charge in [-0.1, -0.05) is 26.0 Å². The van der Waals surface area contributed by atoms with Gasteiger partial charge in [0.15, 0.2) is 0 Å². The van der Waals surface area contributed by atoms with Crippen molar-refractivity contribution in [2.75, 3.05) is 0 Å². The molecule has 2 rings (SSSR count). The summed E-state index contributed by atoms with van der Waals surface area (Å²) in [5.74, 6) is 0.966. The summed E-state index contributed by atoms with van der Waals surface area (Å²) in [5, 5.41) is 0. The fourth-order valence-electron chi connectivity index (χ4n) is 1.02. The quantitative estimate of drug-likeness (QED) is 0.607. The number of aliphatic imine (C=N–C) groups is 1. The summed E-state index contributed by atoms with van der Waals surface area (Å²) >= 11 is 0. The molecule has 12 heavy (non-hydrogen) atoms. The number of aromatic nitrogens is 1. The molecule has 2 heteroatoms. The van der Waals surface area contributed by atoms with Gasteiger partial charge >= 0.3 is 0 Å². The van der Waals surface area contributed by atoms with Crippen molar-refractivity contribution in [3.05, 3.63) is 23.9 Å². The minimum Gasteiger partial charge on any atom is -0.346 e. The topological polar surface area (TPSA) is 28.1 Å². The molecule has 0 aromatic carbocycles. The van der Waals surface area contributed by atoms with Crippen molar-refractivity contribution in [3.8, 4) is 0 Å². The van der Waals surface area contributed by atoms with Crippen LogP contribution in [0.4, 0.5) is 5.82 Å². The van der Waals surface area contributed by atoms with Gasteiger partial charge in [0.25, 0.3) is 0 Å². The van der Waals surface area contributed by atoms with E-state index in [1.807, 2.05) is 32.3 Å². The minimum atomic E-state index is 0.933. The highest BCUT2D eigenvalue weighted by Gasteiger charge is 1.98. The molecule has 1 aromatic heterocycles. The molecule has 0 saturated carbocycles. The molecule has 0 atom stereocenters. The summed E-state index contributed by atoms with van der Waals surface area (Å²) in [7, 11) is 0. The molecule has 1 N–H and O–H groups in total. The Morgan fingerprint density at radius 2 is 2.25 bits per heavy atom. The zero-order valence-electron chi connectivity index (χ0n) is 7.54. The van der Waals surface area contributed by atoms with Crippen LogP contribution in [-0.4, -0.2) is 11.2 Å². The molecule has 1 aromatic rings. The normalized spacial score (nSPS) is 12.8. The maximum Gasteiger partial charge on any atom is 0.136 e. The molecule has 0 radical (unpaired) electrons. The van der Waals surface area contributed by atoms with Gasteiger partial charge in [-0.3, -0.25) is 0 Å². The maximum absolute atomic E-state index is 4.20. The molecule has 2 nitrogen and oxygen atoms in total. The monoisotopic (exact) mass is 162 g/mol. The second kappa shape index (κ2) is 4.54. The molecule has 1 aliphatic rings. The van der Waals surface area contributed by atoms with Gasteiger partial charge in [0.1, 0.15) is 5.82 Å². The third kappa shape index (κ3) is 1.84.